The van der Waals surface area contributed by atoms with Gasteiger partial charge in [0.1, 0.15) is 5.69 Å². The van der Waals surface area contributed by atoms with Gasteiger partial charge in [0.15, 0.2) is 5.82 Å². The molecule has 2 atom stereocenters. The van der Waals surface area contributed by atoms with E-state index >= 15 is 0 Å². The van der Waals surface area contributed by atoms with Crippen molar-refractivity contribution in [3.63, 3.8) is 0 Å². The summed E-state index contributed by atoms with van der Waals surface area (Å²) in [5, 5.41) is 7.72. The van der Waals surface area contributed by atoms with Crippen LogP contribution in [0.5, 0.6) is 0 Å². The normalized spacial score (nSPS) is 22.4. The highest BCUT2D eigenvalue weighted by Gasteiger charge is 2.50. The first-order chi connectivity index (χ1) is 13.9. The van der Waals surface area contributed by atoms with E-state index in [4.69, 9.17) is 4.52 Å². The second-order valence-electron chi connectivity index (χ2n) is 7.87. The number of halogens is 3. The molecule has 5 nitrogen and oxygen atoms in total. The summed E-state index contributed by atoms with van der Waals surface area (Å²) < 4.78 is 43.3. The van der Waals surface area contributed by atoms with E-state index in [1.54, 1.807) is 0 Å². The predicted octanol–water partition coefficient (Wildman–Crippen LogP) is 4.33. The Morgan fingerprint density at radius 3 is 2.55 bits per heavy atom. The lowest BCUT2D eigenvalue weighted by molar-refractivity contribution is -0.141. The van der Waals surface area contributed by atoms with Gasteiger partial charge < -0.3 is 9.84 Å². The molecule has 0 spiro atoms. The molecule has 0 aliphatic heterocycles. The number of nitrogens with one attached hydrogen (secondary N) is 1. The summed E-state index contributed by atoms with van der Waals surface area (Å²) in [5.74, 6) is 1.35. The number of hydrogen-bond acceptors (Lipinski definition) is 5. The Balaban J connectivity index is 1.23. The average Bonchev–Trinajstić information content (AvgIpc) is 3.63. The van der Waals surface area contributed by atoms with Crippen LogP contribution in [0.2, 0.25) is 0 Å². The molecule has 0 amide bonds. The maximum absolute atomic E-state index is 12.7. The van der Waals surface area contributed by atoms with Crippen molar-refractivity contribution < 1.29 is 17.7 Å². The third-order valence-corrected chi connectivity index (χ3v) is 5.78. The van der Waals surface area contributed by atoms with Gasteiger partial charge in [-0.1, -0.05) is 35.5 Å². The fraction of sp³-hybridized carbons (Fsp3) is 0.381. The van der Waals surface area contributed by atoms with E-state index in [1.807, 2.05) is 6.07 Å². The molecular formula is C21H19F3N4O. The summed E-state index contributed by atoms with van der Waals surface area (Å²) in [5.41, 5.74) is 0.643. The largest absolute Gasteiger partial charge is 0.433 e. The Morgan fingerprint density at radius 1 is 1.10 bits per heavy atom. The van der Waals surface area contributed by atoms with Gasteiger partial charge in [0.25, 0.3) is 5.89 Å². The van der Waals surface area contributed by atoms with Crippen LogP contribution < -0.4 is 5.32 Å². The average molecular weight is 400 g/mol. The van der Waals surface area contributed by atoms with E-state index in [-0.39, 0.29) is 11.3 Å². The molecule has 1 aromatic carbocycles. The zero-order chi connectivity index (χ0) is 20.1. The van der Waals surface area contributed by atoms with Gasteiger partial charge in [-0.2, -0.15) is 18.2 Å². The molecule has 150 valence electrons. The van der Waals surface area contributed by atoms with E-state index in [1.165, 1.54) is 11.6 Å². The van der Waals surface area contributed by atoms with Gasteiger partial charge in [-0.05, 0) is 37.0 Å². The maximum Gasteiger partial charge on any atom is 0.433 e. The van der Waals surface area contributed by atoms with Crippen LogP contribution >= 0.6 is 0 Å². The second kappa shape index (κ2) is 6.66. The Bertz CT molecular complexity index is 997. The molecule has 0 saturated heterocycles. The second-order valence-corrected chi connectivity index (χ2v) is 7.87. The minimum atomic E-state index is -4.47. The lowest BCUT2D eigenvalue weighted by Gasteiger charge is -2.12. The molecule has 0 bridgehead atoms. The summed E-state index contributed by atoms with van der Waals surface area (Å²) >= 11 is 0. The third kappa shape index (κ3) is 3.64. The number of hydrogen-bond donors (Lipinski definition) is 1. The zero-order valence-corrected chi connectivity index (χ0v) is 15.5. The monoisotopic (exact) mass is 400 g/mol. The van der Waals surface area contributed by atoms with E-state index < -0.39 is 11.9 Å². The molecule has 2 heterocycles. The molecule has 2 fully saturated rings. The molecule has 1 N–H and O–H groups in total. The summed E-state index contributed by atoms with van der Waals surface area (Å²) in [6.07, 6.45) is -0.302. The number of benzene rings is 1. The van der Waals surface area contributed by atoms with Crippen molar-refractivity contribution in [1.29, 1.82) is 0 Å². The summed E-state index contributed by atoms with van der Waals surface area (Å²) in [7, 11) is 0. The third-order valence-electron chi connectivity index (χ3n) is 5.78. The molecule has 8 heteroatoms. The van der Waals surface area contributed by atoms with Gasteiger partial charge in [0.2, 0.25) is 0 Å². The van der Waals surface area contributed by atoms with Crippen LogP contribution in [0.1, 0.15) is 42.3 Å². The van der Waals surface area contributed by atoms with Crippen LogP contribution in [0.15, 0.2) is 53.2 Å². The van der Waals surface area contributed by atoms with Crippen molar-refractivity contribution in [2.24, 2.45) is 0 Å². The number of pyridine rings is 1. The molecule has 2 aromatic heterocycles. The smallest absolute Gasteiger partial charge is 0.334 e. The van der Waals surface area contributed by atoms with Gasteiger partial charge in [-0.25, -0.2) is 0 Å². The number of rotatable bonds is 6. The van der Waals surface area contributed by atoms with Crippen molar-refractivity contribution in [2.45, 2.75) is 42.8 Å². The van der Waals surface area contributed by atoms with Crippen LogP contribution in [-0.4, -0.2) is 27.7 Å². The summed E-state index contributed by atoms with van der Waals surface area (Å²) in [6.45, 7) is 0.769. The molecule has 5 rings (SSSR count). The van der Waals surface area contributed by atoms with Gasteiger partial charge >= 0.3 is 6.18 Å². The fourth-order valence-corrected chi connectivity index (χ4v) is 3.69. The molecule has 0 radical (unpaired) electrons. The first-order valence-corrected chi connectivity index (χ1v) is 9.61. The van der Waals surface area contributed by atoms with Crippen molar-refractivity contribution in [3.8, 4) is 11.5 Å². The SMILES string of the molecule is FC(F)(F)c1ccc(-c2nc(C3(CNC4CC4c4ccccc4)CC3)no2)cn1. The summed E-state index contributed by atoms with van der Waals surface area (Å²) in [4.78, 5) is 7.90. The zero-order valence-electron chi connectivity index (χ0n) is 15.5. The van der Waals surface area contributed by atoms with Gasteiger partial charge in [0.05, 0.1) is 5.56 Å². The summed E-state index contributed by atoms with van der Waals surface area (Å²) in [6, 6.07) is 13.1. The van der Waals surface area contributed by atoms with Crippen LogP contribution in [0.3, 0.4) is 0 Å². The fourth-order valence-electron chi connectivity index (χ4n) is 3.69. The lowest BCUT2D eigenvalue weighted by atomic mass is 10.1. The van der Waals surface area contributed by atoms with Gasteiger partial charge in [-0.15, -0.1) is 0 Å². The first-order valence-electron chi connectivity index (χ1n) is 9.61. The number of aromatic nitrogens is 3. The Hall–Kier alpha value is -2.74. The van der Waals surface area contributed by atoms with Gasteiger partial charge in [0, 0.05) is 30.1 Å². The molecule has 29 heavy (non-hydrogen) atoms. The highest BCUT2D eigenvalue weighted by atomic mass is 19.4. The predicted molar refractivity (Wildman–Crippen MR) is 99.0 cm³/mol. The van der Waals surface area contributed by atoms with Crippen LogP contribution in [0, 0.1) is 0 Å². The van der Waals surface area contributed by atoms with Crippen molar-refractivity contribution in [3.05, 3.63) is 65.7 Å². The molecule has 2 aliphatic carbocycles. The first kappa shape index (κ1) is 18.3. The molecule has 2 aliphatic rings. The van der Waals surface area contributed by atoms with E-state index in [0.29, 0.717) is 23.3 Å². The quantitative estimate of drug-likeness (QED) is 0.667. The molecular weight excluding hydrogens is 381 g/mol. The standard InChI is InChI=1S/C21H19F3N4O/c22-21(23,24)17-7-6-14(11-25-17)18-27-19(28-29-18)20(8-9-20)12-26-16-10-15(16)13-4-2-1-3-5-13/h1-7,11,15-16,26H,8-10,12H2. The van der Waals surface area contributed by atoms with E-state index in [2.05, 4.69) is 44.7 Å². The minimum absolute atomic E-state index is 0.148. The van der Waals surface area contributed by atoms with E-state index in [9.17, 15) is 13.2 Å². The minimum Gasteiger partial charge on any atom is -0.334 e. The van der Waals surface area contributed by atoms with Crippen molar-refractivity contribution in [2.75, 3.05) is 6.54 Å². The highest BCUT2D eigenvalue weighted by molar-refractivity contribution is 5.51. The Kier molecular flexibility index (Phi) is 4.20. The maximum atomic E-state index is 12.7. The van der Waals surface area contributed by atoms with Crippen LogP contribution in [-0.2, 0) is 11.6 Å². The van der Waals surface area contributed by atoms with E-state index in [0.717, 1.165) is 38.1 Å². The van der Waals surface area contributed by atoms with Crippen molar-refractivity contribution in [1.82, 2.24) is 20.4 Å². The number of nitrogens with zero attached hydrogens (tertiary/aromatic N) is 3. The molecule has 3 aromatic rings. The van der Waals surface area contributed by atoms with Crippen molar-refractivity contribution >= 4 is 0 Å². The Labute approximate surface area is 165 Å². The number of alkyl halides is 3. The van der Waals surface area contributed by atoms with Gasteiger partial charge in [-0.3, -0.25) is 4.98 Å². The molecule has 2 unspecified atom stereocenters. The lowest BCUT2D eigenvalue weighted by Crippen LogP contribution is -2.30. The molecule has 2 saturated carbocycles. The highest BCUT2D eigenvalue weighted by Crippen LogP contribution is 2.48. The Morgan fingerprint density at radius 2 is 1.90 bits per heavy atom. The van der Waals surface area contributed by atoms with Crippen LogP contribution in [0.4, 0.5) is 13.2 Å². The topological polar surface area (TPSA) is 63.8 Å². The van der Waals surface area contributed by atoms with Crippen LogP contribution in [0.25, 0.3) is 11.5 Å².